The highest BCUT2D eigenvalue weighted by Crippen LogP contribution is 2.27. The number of ether oxygens (including phenoxy) is 3. The molecule has 0 bridgehead atoms. The monoisotopic (exact) mass is 390 g/mol. The van der Waals surface area contributed by atoms with Gasteiger partial charge in [0.2, 0.25) is 11.8 Å². The van der Waals surface area contributed by atoms with Gasteiger partial charge in [-0.15, -0.1) is 0 Å². The summed E-state index contributed by atoms with van der Waals surface area (Å²) in [4.78, 5) is 16.8. The summed E-state index contributed by atoms with van der Waals surface area (Å²) in [6, 6.07) is 18.8. The largest absolute Gasteiger partial charge is 0.497 e. The number of nitrogens with zero attached hydrogens (tertiary/aromatic N) is 1. The van der Waals surface area contributed by atoms with E-state index in [2.05, 4.69) is 10.3 Å². The van der Waals surface area contributed by atoms with Crippen molar-refractivity contribution >= 4 is 5.91 Å². The van der Waals surface area contributed by atoms with Crippen LogP contribution in [0.4, 0.5) is 0 Å². The van der Waals surface area contributed by atoms with Crippen molar-refractivity contribution in [3.05, 3.63) is 78.0 Å². The lowest BCUT2D eigenvalue weighted by Gasteiger charge is -2.24. The third-order valence-corrected chi connectivity index (χ3v) is 4.80. The van der Waals surface area contributed by atoms with Gasteiger partial charge in [-0.1, -0.05) is 24.3 Å². The van der Waals surface area contributed by atoms with E-state index in [1.54, 1.807) is 19.4 Å². The van der Waals surface area contributed by atoms with Crippen molar-refractivity contribution in [1.29, 1.82) is 0 Å². The van der Waals surface area contributed by atoms with Gasteiger partial charge in [0.1, 0.15) is 23.9 Å². The molecule has 1 unspecified atom stereocenters. The SMILES string of the molecule is COc1ccc(Oc2ccc(CNC(=O)C3COc4ccccc4C3)cn2)cc1. The van der Waals surface area contributed by atoms with E-state index >= 15 is 0 Å². The number of fused-ring (bicyclic) bond motifs is 1. The Morgan fingerprint density at radius 2 is 1.90 bits per heavy atom. The molecule has 3 aromatic rings. The Labute approximate surface area is 169 Å². The van der Waals surface area contributed by atoms with E-state index in [4.69, 9.17) is 14.2 Å². The van der Waals surface area contributed by atoms with Crippen LogP contribution in [0.1, 0.15) is 11.1 Å². The first kappa shape index (κ1) is 18.8. The van der Waals surface area contributed by atoms with Crippen LogP contribution in [-0.2, 0) is 17.8 Å². The molecule has 29 heavy (non-hydrogen) atoms. The number of amides is 1. The van der Waals surface area contributed by atoms with Gasteiger partial charge in [0, 0.05) is 18.8 Å². The highest BCUT2D eigenvalue weighted by Gasteiger charge is 2.25. The average molecular weight is 390 g/mol. The van der Waals surface area contributed by atoms with Gasteiger partial charge in [-0.2, -0.15) is 0 Å². The van der Waals surface area contributed by atoms with Crippen molar-refractivity contribution in [2.45, 2.75) is 13.0 Å². The van der Waals surface area contributed by atoms with Crippen molar-refractivity contribution in [3.63, 3.8) is 0 Å². The Bertz CT molecular complexity index is 971. The number of methoxy groups -OCH3 is 1. The molecule has 0 radical (unpaired) electrons. The molecule has 0 spiro atoms. The molecule has 1 N–H and O–H groups in total. The molecule has 1 aliphatic heterocycles. The lowest BCUT2D eigenvalue weighted by molar-refractivity contribution is -0.126. The number of pyridine rings is 1. The van der Waals surface area contributed by atoms with Gasteiger partial charge in [0.05, 0.1) is 13.0 Å². The maximum absolute atomic E-state index is 12.5. The molecule has 2 heterocycles. The standard InChI is InChI=1S/C23H22N2O4/c1-27-19-7-9-20(10-8-19)29-22-11-6-16(13-24-22)14-25-23(26)18-12-17-4-2-3-5-21(17)28-15-18/h2-11,13,18H,12,14-15H2,1H3,(H,25,26). The summed E-state index contributed by atoms with van der Waals surface area (Å²) >= 11 is 0. The van der Waals surface area contributed by atoms with Crippen molar-refractivity contribution in [2.75, 3.05) is 13.7 Å². The number of aromatic nitrogens is 1. The molecule has 6 heteroatoms. The second-order valence-corrected chi connectivity index (χ2v) is 6.82. The predicted molar refractivity (Wildman–Crippen MR) is 108 cm³/mol. The molecule has 1 aromatic heterocycles. The number of benzene rings is 2. The van der Waals surface area contributed by atoms with Gasteiger partial charge in [-0.3, -0.25) is 4.79 Å². The second-order valence-electron chi connectivity index (χ2n) is 6.82. The van der Waals surface area contributed by atoms with E-state index in [0.29, 0.717) is 31.2 Å². The Morgan fingerprint density at radius 1 is 1.10 bits per heavy atom. The van der Waals surface area contributed by atoms with E-state index in [1.807, 2.05) is 54.6 Å². The molecule has 6 nitrogen and oxygen atoms in total. The Hall–Kier alpha value is -3.54. The summed E-state index contributed by atoms with van der Waals surface area (Å²) in [5.74, 6) is 2.60. The summed E-state index contributed by atoms with van der Waals surface area (Å²) < 4.78 is 16.5. The minimum absolute atomic E-state index is 0.0157. The molecule has 2 aromatic carbocycles. The van der Waals surface area contributed by atoms with Crippen LogP contribution in [0.5, 0.6) is 23.1 Å². The molecule has 1 aliphatic rings. The highest BCUT2D eigenvalue weighted by atomic mass is 16.5. The van der Waals surface area contributed by atoms with Crippen molar-refractivity contribution in [2.24, 2.45) is 5.92 Å². The van der Waals surface area contributed by atoms with E-state index < -0.39 is 0 Å². The van der Waals surface area contributed by atoms with Gasteiger partial charge in [-0.05, 0) is 47.9 Å². The summed E-state index contributed by atoms with van der Waals surface area (Å²) in [5.41, 5.74) is 1.97. The average Bonchev–Trinajstić information content (AvgIpc) is 2.78. The molecular weight excluding hydrogens is 368 g/mol. The quantitative estimate of drug-likeness (QED) is 0.694. The zero-order chi connectivity index (χ0) is 20.1. The smallest absolute Gasteiger partial charge is 0.227 e. The number of rotatable bonds is 6. The van der Waals surface area contributed by atoms with Gasteiger partial charge in [0.25, 0.3) is 0 Å². The van der Waals surface area contributed by atoms with Crippen LogP contribution >= 0.6 is 0 Å². The van der Waals surface area contributed by atoms with Crippen LogP contribution in [0.3, 0.4) is 0 Å². The topological polar surface area (TPSA) is 69.7 Å². The molecule has 1 atom stereocenters. The maximum atomic E-state index is 12.5. The van der Waals surface area contributed by atoms with Crippen molar-refractivity contribution in [1.82, 2.24) is 10.3 Å². The Balaban J connectivity index is 1.29. The molecule has 1 amide bonds. The molecule has 0 fully saturated rings. The number of hydrogen-bond acceptors (Lipinski definition) is 5. The first-order valence-electron chi connectivity index (χ1n) is 9.46. The second kappa shape index (κ2) is 8.65. The number of para-hydroxylation sites is 1. The third-order valence-electron chi connectivity index (χ3n) is 4.80. The van der Waals surface area contributed by atoms with Crippen LogP contribution in [0.25, 0.3) is 0 Å². The van der Waals surface area contributed by atoms with Crippen LogP contribution in [-0.4, -0.2) is 24.6 Å². The van der Waals surface area contributed by atoms with Gasteiger partial charge >= 0.3 is 0 Å². The number of carbonyl (C=O) groups excluding carboxylic acids is 1. The lowest BCUT2D eigenvalue weighted by atomic mass is 9.96. The van der Waals surface area contributed by atoms with Crippen LogP contribution < -0.4 is 19.5 Å². The number of carbonyl (C=O) groups is 1. The van der Waals surface area contributed by atoms with Crippen LogP contribution in [0.2, 0.25) is 0 Å². The van der Waals surface area contributed by atoms with Crippen LogP contribution in [0, 0.1) is 5.92 Å². The van der Waals surface area contributed by atoms with E-state index in [0.717, 1.165) is 22.6 Å². The minimum Gasteiger partial charge on any atom is -0.497 e. The van der Waals surface area contributed by atoms with E-state index in [1.165, 1.54) is 0 Å². The number of nitrogens with one attached hydrogen (secondary N) is 1. The minimum atomic E-state index is -0.185. The van der Waals surface area contributed by atoms with Gasteiger partial charge in [0.15, 0.2) is 0 Å². The molecular formula is C23H22N2O4. The van der Waals surface area contributed by atoms with E-state index in [-0.39, 0.29) is 11.8 Å². The maximum Gasteiger partial charge on any atom is 0.227 e. The highest BCUT2D eigenvalue weighted by molar-refractivity contribution is 5.79. The summed E-state index contributed by atoms with van der Waals surface area (Å²) in [6.07, 6.45) is 2.39. The van der Waals surface area contributed by atoms with Crippen molar-refractivity contribution < 1.29 is 19.0 Å². The van der Waals surface area contributed by atoms with Crippen LogP contribution in [0.15, 0.2) is 66.9 Å². The normalized spacial score (nSPS) is 15.0. The fourth-order valence-electron chi connectivity index (χ4n) is 3.17. The fourth-order valence-corrected chi connectivity index (χ4v) is 3.17. The van der Waals surface area contributed by atoms with Gasteiger partial charge in [-0.25, -0.2) is 4.98 Å². The summed E-state index contributed by atoms with van der Waals surface area (Å²) in [7, 11) is 1.62. The summed E-state index contributed by atoms with van der Waals surface area (Å²) in [5, 5.41) is 2.97. The molecule has 0 aliphatic carbocycles. The third kappa shape index (κ3) is 4.66. The van der Waals surface area contributed by atoms with Gasteiger partial charge < -0.3 is 19.5 Å². The number of hydrogen-bond donors (Lipinski definition) is 1. The van der Waals surface area contributed by atoms with Crippen molar-refractivity contribution in [3.8, 4) is 23.1 Å². The zero-order valence-corrected chi connectivity index (χ0v) is 16.1. The van der Waals surface area contributed by atoms with E-state index in [9.17, 15) is 4.79 Å². The molecule has 148 valence electrons. The first-order valence-corrected chi connectivity index (χ1v) is 9.46. The molecule has 4 rings (SSSR count). The predicted octanol–water partition coefficient (Wildman–Crippen LogP) is 3.75. The Kier molecular flexibility index (Phi) is 5.61. The Morgan fingerprint density at radius 3 is 2.66 bits per heavy atom. The summed E-state index contributed by atoms with van der Waals surface area (Å²) in [6.45, 7) is 0.808. The lowest BCUT2D eigenvalue weighted by Crippen LogP contribution is -2.37. The zero-order valence-electron chi connectivity index (χ0n) is 16.1. The molecule has 0 saturated heterocycles. The first-order chi connectivity index (χ1) is 14.2. The fraction of sp³-hybridized carbons (Fsp3) is 0.217. The molecule has 0 saturated carbocycles.